The van der Waals surface area contributed by atoms with E-state index in [0.29, 0.717) is 5.92 Å². The molecule has 2 aromatic rings. The van der Waals surface area contributed by atoms with E-state index in [1.165, 1.54) is 17.8 Å². The fraction of sp³-hybridized carbons (Fsp3) is 0.467. The molecular formula is C15H20N4S. The minimum absolute atomic E-state index is 0.714. The summed E-state index contributed by atoms with van der Waals surface area (Å²) in [5.74, 6) is 1.69. The predicted molar refractivity (Wildman–Crippen MR) is 83.0 cm³/mol. The Morgan fingerprint density at radius 1 is 1.40 bits per heavy atom. The second-order valence-corrected chi connectivity index (χ2v) is 6.65. The average molecular weight is 288 g/mol. The molecular weight excluding hydrogens is 268 g/mol. The van der Waals surface area contributed by atoms with E-state index in [4.69, 9.17) is 0 Å². The third-order valence-corrected chi connectivity index (χ3v) is 4.55. The molecule has 3 rings (SSSR count). The number of nitrogens with zero attached hydrogens (tertiary/aromatic N) is 3. The predicted octanol–water partition coefficient (Wildman–Crippen LogP) is 2.78. The lowest BCUT2D eigenvalue weighted by molar-refractivity contribution is 0.321. The van der Waals surface area contributed by atoms with Gasteiger partial charge in [-0.2, -0.15) is 0 Å². The second kappa shape index (κ2) is 6.33. The van der Waals surface area contributed by atoms with Crippen molar-refractivity contribution in [2.45, 2.75) is 19.9 Å². The average Bonchev–Trinajstić information content (AvgIpc) is 3.08. The standard InChI is InChI=1S/C15H20N4S/c1-12-17-9-14(20-12)11-19-7-5-13(10-19)8-18-15-4-2-3-6-16-15/h2-4,6,9,13H,5,7-8,10-11H2,1H3,(H,16,18)/t13-/m1/s1. The van der Waals surface area contributed by atoms with Crippen LogP contribution in [0, 0.1) is 12.8 Å². The van der Waals surface area contributed by atoms with Crippen molar-refractivity contribution in [3.8, 4) is 0 Å². The van der Waals surface area contributed by atoms with Crippen LogP contribution in [0.4, 0.5) is 5.82 Å². The maximum absolute atomic E-state index is 4.32. The number of rotatable bonds is 5. The van der Waals surface area contributed by atoms with E-state index in [9.17, 15) is 0 Å². The maximum Gasteiger partial charge on any atom is 0.125 e. The Hall–Kier alpha value is -1.46. The van der Waals surface area contributed by atoms with Crippen molar-refractivity contribution in [3.05, 3.63) is 40.5 Å². The molecule has 2 aromatic heterocycles. The molecule has 1 atom stereocenters. The monoisotopic (exact) mass is 288 g/mol. The Morgan fingerprint density at radius 3 is 3.10 bits per heavy atom. The number of nitrogens with one attached hydrogen (secondary N) is 1. The normalized spacial score (nSPS) is 19.4. The van der Waals surface area contributed by atoms with E-state index < -0.39 is 0 Å². The van der Waals surface area contributed by atoms with Crippen LogP contribution in [0.2, 0.25) is 0 Å². The Balaban J connectivity index is 1.45. The lowest BCUT2D eigenvalue weighted by Gasteiger charge is -2.15. The first kappa shape index (κ1) is 13.5. The van der Waals surface area contributed by atoms with Gasteiger partial charge in [-0.3, -0.25) is 4.90 Å². The van der Waals surface area contributed by atoms with Crippen LogP contribution in [-0.2, 0) is 6.54 Å². The quantitative estimate of drug-likeness (QED) is 0.918. The van der Waals surface area contributed by atoms with E-state index in [1.807, 2.05) is 41.9 Å². The van der Waals surface area contributed by atoms with Gasteiger partial charge in [0.05, 0.1) is 5.01 Å². The van der Waals surface area contributed by atoms with Crippen LogP contribution in [-0.4, -0.2) is 34.5 Å². The summed E-state index contributed by atoms with van der Waals surface area (Å²) < 4.78 is 0. The Morgan fingerprint density at radius 2 is 2.35 bits per heavy atom. The molecule has 0 amide bonds. The Kier molecular flexibility index (Phi) is 4.28. The van der Waals surface area contributed by atoms with Crippen LogP contribution in [0.1, 0.15) is 16.3 Å². The molecule has 1 fully saturated rings. The van der Waals surface area contributed by atoms with Crippen molar-refractivity contribution >= 4 is 17.2 Å². The number of hydrogen-bond acceptors (Lipinski definition) is 5. The topological polar surface area (TPSA) is 41.1 Å². The molecule has 0 aliphatic carbocycles. The van der Waals surface area contributed by atoms with Crippen molar-refractivity contribution in [2.75, 3.05) is 25.0 Å². The van der Waals surface area contributed by atoms with Crippen LogP contribution in [0.5, 0.6) is 0 Å². The van der Waals surface area contributed by atoms with Crippen molar-refractivity contribution in [1.29, 1.82) is 0 Å². The second-order valence-electron chi connectivity index (χ2n) is 5.33. The largest absolute Gasteiger partial charge is 0.370 e. The number of thiazole rings is 1. The van der Waals surface area contributed by atoms with Gasteiger partial charge in [0.2, 0.25) is 0 Å². The van der Waals surface area contributed by atoms with Gasteiger partial charge in [0.1, 0.15) is 5.82 Å². The summed E-state index contributed by atoms with van der Waals surface area (Å²) in [6.45, 7) is 6.47. The van der Waals surface area contributed by atoms with E-state index in [2.05, 4.69) is 27.1 Å². The molecule has 0 unspecified atom stereocenters. The molecule has 1 aliphatic heterocycles. The summed E-state index contributed by atoms with van der Waals surface area (Å²) in [6.07, 6.45) is 5.10. The van der Waals surface area contributed by atoms with E-state index in [-0.39, 0.29) is 0 Å². The van der Waals surface area contributed by atoms with E-state index >= 15 is 0 Å². The SMILES string of the molecule is Cc1ncc(CN2CC[C@H](CNc3ccccn3)C2)s1. The Bertz CT molecular complexity index is 540. The van der Waals surface area contributed by atoms with E-state index in [0.717, 1.165) is 30.5 Å². The van der Waals surface area contributed by atoms with Gasteiger partial charge in [-0.15, -0.1) is 11.3 Å². The zero-order valence-electron chi connectivity index (χ0n) is 11.7. The van der Waals surface area contributed by atoms with Gasteiger partial charge in [0, 0.05) is 36.9 Å². The maximum atomic E-state index is 4.32. The highest BCUT2D eigenvalue weighted by Gasteiger charge is 2.22. The number of aryl methyl sites for hydroxylation is 1. The highest BCUT2D eigenvalue weighted by Crippen LogP contribution is 2.21. The number of likely N-dealkylation sites (tertiary alicyclic amines) is 1. The fourth-order valence-electron chi connectivity index (χ4n) is 2.64. The van der Waals surface area contributed by atoms with Gasteiger partial charge >= 0.3 is 0 Å². The third kappa shape index (κ3) is 3.55. The molecule has 5 heteroatoms. The van der Waals surface area contributed by atoms with E-state index in [1.54, 1.807) is 0 Å². The molecule has 0 spiro atoms. The zero-order chi connectivity index (χ0) is 13.8. The highest BCUT2D eigenvalue weighted by atomic mass is 32.1. The molecule has 20 heavy (non-hydrogen) atoms. The van der Waals surface area contributed by atoms with Crippen LogP contribution in [0.3, 0.4) is 0 Å². The fourth-order valence-corrected chi connectivity index (χ4v) is 3.48. The van der Waals surface area contributed by atoms with Gasteiger partial charge in [-0.05, 0) is 37.9 Å². The van der Waals surface area contributed by atoms with Crippen LogP contribution >= 0.6 is 11.3 Å². The summed E-state index contributed by atoms with van der Waals surface area (Å²) in [6, 6.07) is 5.98. The van der Waals surface area contributed by atoms with Crippen molar-refractivity contribution in [2.24, 2.45) is 5.92 Å². The summed E-state index contributed by atoms with van der Waals surface area (Å²) in [4.78, 5) is 12.5. The number of hydrogen-bond donors (Lipinski definition) is 1. The van der Waals surface area contributed by atoms with Gasteiger partial charge in [-0.25, -0.2) is 9.97 Å². The van der Waals surface area contributed by atoms with Crippen LogP contribution in [0.15, 0.2) is 30.6 Å². The molecule has 0 bridgehead atoms. The van der Waals surface area contributed by atoms with Gasteiger partial charge < -0.3 is 5.32 Å². The number of pyridine rings is 1. The smallest absolute Gasteiger partial charge is 0.125 e. The third-order valence-electron chi connectivity index (χ3n) is 3.66. The first-order valence-electron chi connectivity index (χ1n) is 7.08. The first-order chi connectivity index (χ1) is 9.79. The molecule has 1 N–H and O–H groups in total. The van der Waals surface area contributed by atoms with Crippen LogP contribution < -0.4 is 5.32 Å². The van der Waals surface area contributed by atoms with Crippen molar-refractivity contribution in [1.82, 2.24) is 14.9 Å². The molecule has 0 radical (unpaired) electrons. The van der Waals surface area contributed by atoms with Crippen molar-refractivity contribution < 1.29 is 0 Å². The van der Waals surface area contributed by atoms with Gasteiger partial charge in [-0.1, -0.05) is 6.07 Å². The minimum atomic E-state index is 0.714. The molecule has 1 saturated heterocycles. The first-order valence-corrected chi connectivity index (χ1v) is 7.90. The number of aromatic nitrogens is 2. The van der Waals surface area contributed by atoms with Crippen LogP contribution in [0.25, 0.3) is 0 Å². The lowest BCUT2D eigenvalue weighted by Crippen LogP contribution is -2.22. The highest BCUT2D eigenvalue weighted by molar-refractivity contribution is 7.11. The minimum Gasteiger partial charge on any atom is -0.370 e. The molecule has 0 aromatic carbocycles. The summed E-state index contributed by atoms with van der Waals surface area (Å²) in [7, 11) is 0. The summed E-state index contributed by atoms with van der Waals surface area (Å²) in [5.41, 5.74) is 0. The zero-order valence-corrected chi connectivity index (χ0v) is 12.6. The lowest BCUT2D eigenvalue weighted by atomic mass is 10.1. The Labute approximate surface area is 123 Å². The molecule has 3 heterocycles. The van der Waals surface area contributed by atoms with Gasteiger partial charge in [0.15, 0.2) is 0 Å². The summed E-state index contributed by atoms with van der Waals surface area (Å²) >= 11 is 1.81. The molecule has 106 valence electrons. The number of anilines is 1. The molecule has 0 saturated carbocycles. The summed E-state index contributed by atoms with van der Waals surface area (Å²) in [5, 5.41) is 4.59. The molecule has 4 nitrogen and oxygen atoms in total. The van der Waals surface area contributed by atoms with Gasteiger partial charge in [0.25, 0.3) is 0 Å². The van der Waals surface area contributed by atoms with Crippen molar-refractivity contribution in [3.63, 3.8) is 0 Å². The molecule has 1 aliphatic rings.